The van der Waals surface area contributed by atoms with Crippen molar-refractivity contribution in [2.24, 2.45) is 0 Å². The Bertz CT molecular complexity index is 592. The van der Waals surface area contributed by atoms with Crippen LogP contribution in [0.15, 0.2) is 42.7 Å². The second kappa shape index (κ2) is 7.75. The van der Waals surface area contributed by atoms with Gasteiger partial charge in [0.05, 0.1) is 6.20 Å². The van der Waals surface area contributed by atoms with Crippen LogP contribution >= 0.6 is 0 Å². The van der Waals surface area contributed by atoms with Gasteiger partial charge in [-0.3, -0.25) is 9.58 Å². The zero-order valence-corrected chi connectivity index (χ0v) is 14.3. The average Bonchev–Trinajstić information content (AvgIpc) is 3.04. The van der Waals surface area contributed by atoms with Gasteiger partial charge in [0, 0.05) is 50.0 Å². The van der Waals surface area contributed by atoms with Crippen LogP contribution in [-0.4, -0.2) is 33.3 Å². The van der Waals surface area contributed by atoms with Gasteiger partial charge < -0.3 is 5.32 Å². The Kier molecular flexibility index (Phi) is 5.47. The quantitative estimate of drug-likeness (QED) is 0.890. The van der Waals surface area contributed by atoms with Crippen molar-refractivity contribution in [2.75, 3.05) is 6.54 Å². The lowest BCUT2D eigenvalue weighted by molar-refractivity contribution is 0.128. The van der Waals surface area contributed by atoms with Gasteiger partial charge in [-0.15, -0.1) is 0 Å². The number of piperidine rings is 1. The molecule has 2 aromatic rings. The minimum Gasteiger partial charge on any atom is -0.310 e. The number of hydrogen-bond donors (Lipinski definition) is 1. The van der Waals surface area contributed by atoms with Crippen LogP contribution in [0.4, 0.5) is 0 Å². The Morgan fingerprint density at radius 1 is 1.22 bits per heavy atom. The maximum Gasteiger partial charge on any atom is 0.0534 e. The molecule has 0 aliphatic carbocycles. The summed E-state index contributed by atoms with van der Waals surface area (Å²) in [6, 6.07) is 12.0. The summed E-state index contributed by atoms with van der Waals surface area (Å²) in [6.45, 7) is 8.57. The molecule has 2 heterocycles. The van der Waals surface area contributed by atoms with Crippen molar-refractivity contribution in [2.45, 2.75) is 58.4 Å². The third kappa shape index (κ3) is 4.43. The molecule has 1 aromatic carbocycles. The summed E-state index contributed by atoms with van der Waals surface area (Å²) in [5.41, 5.74) is 2.70. The smallest absolute Gasteiger partial charge is 0.0534 e. The van der Waals surface area contributed by atoms with Gasteiger partial charge in [-0.05, 0) is 32.3 Å². The van der Waals surface area contributed by atoms with Gasteiger partial charge in [-0.25, -0.2) is 0 Å². The van der Waals surface area contributed by atoms with E-state index in [9.17, 15) is 0 Å². The first-order valence-electron chi connectivity index (χ1n) is 8.77. The second-order valence-electron chi connectivity index (χ2n) is 6.61. The maximum absolute atomic E-state index is 4.34. The van der Waals surface area contributed by atoms with Crippen LogP contribution in [0.2, 0.25) is 0 Å². The summed E-state index contributed by atoms with van der Waals surface area (Å²) in [6.07, 6.45) is 6.55. The first kappa shape index (κ1) is 16.2. The van der Waals surface area contributed by atoms with E-state index in [1.807, 2.05) is 10.9 Å². The molecule has 124 valence electrons. The third-order valence-electron chi connectivity index (χ3n) is 4.85. The lowest BCUT2D eigenvalue weighted by Crippen LogP contribution is -2.46. The molecule has 23 heavy (non-hydrogen) atoms. The van der Waals surface area contributed by atoms with E-state index in [-0.39, 0.29) is 0 Å². The number of nitrogens with zero attached hydrogens (tertiary/aromatic N) is 3. The van der Waals surface area contributed by atoms with Crippen molar-refractivity contribution in [3.8, 4) is 0 Å². The van der Waals surface area contributed by atoms with Crippen LogP contribution in [0, 0.1) is 0 Å². The molecule has 0 saturated carbocycles. The Hall–Kier alpha value is -1.65. The van der Waals surface area contributed by atoms with Crippen LogP contribution in [0.5, 0.6) is 0 Å². The van der Waals surface area contributed by atoms with E-state index in [0.717, 1.165) is 19.6 Å². The van der Waals surface area contributed by atoms with E-state index in [0.29, 0.717) is 12.1 Å². The molecule has 1 fully saturated rings. The SMILES string of the molecule is CCn1cc(CN[C@H]2CCN(Cc3ccccc3)[C@H](C)C2)cn1. The van der Waals surface area contributed by atoms with Gasteiger partial charge in [-0.2, -0.15) is 5.10 Å². The normalized spacial score (nSPS) is 22.3. The minimum atomic E-state index is 0.613. The molecule has 4 nitrogen and oxygen atoms in total. The van der Waals surface area contributed by atoms with E-state index in [4.69, 9.17) is 0 Å². The van der Waals surface area contributed by atoms with Crippen LogP contribution in [0.1, 0.15) is 37.8 Å². The molecular formula is C19H28N4. The first-order chi connectivity index (χ1) is 11.2. The van der Waals surface area contributed by atoms with Crippen LogP contribution in [0.3, 0.4) is 0 Å². The first-order valence-corrected chi connectivity index (χ1v) is 8.77. The predicted octanol–water partition coefficient (Wildman–Crippen LogP) is 3.05. The second-order valence-corrected chi connectivity index (χ2v) is 6.61. The summed E-state index contributed by atoms with van der Waals surface area (Å²) < 4.78 is 1.99. The van der Waals surface area contributed by atoms with E-state index in [2.05, 4.69) is 65.7 Å². The van der Waals surface area contributed by atoms with Crippen LogP contribution < -0.4 is 5.32 Å². The maximum atomic E-state index is 4.34. The zero-order valence-electron chi connectivity index (χ0n) is 14.3. The molecule has 1 N–H and O–H groups in total. The molecule has 1 saturated heterocycles. The predicted molar refractivity (Wildman–Crippen MR) is 94.1 cm³/mol. The summed E-state index contributed by atoms with van der Waals surface area (Å²) in [7, 11) is 0. The number of rotatable bonds is 6. The number of nitrogens with one attached hydrogen (secondary N) is 1. The third-order valence-corrected chi connectivity index (χ3v) is 4.85. The summed E-state index contributed by atoms with van der Waals surface area (Å²) in [5.74, 6) is 0. The van der Waals surface area contributed by atoms with Gasteiger partial charge in [0.25, 0.3) is 0 Å². The summed E-state index contributed by atoms with van der Waals surface area (Å²) in [5, 5.41) is 8.05. The lowest BCUT2D eigenvalue weighted by atomic mass is 9.97. The number of benzene rings is 1. The van der Waals surface area contributed by atoms with Crippen molar-refractivity contribution >= 4 is 0 Å². The molecule has 0 amide bonds. The molecule has 0 spiro atoms. The van der Waals surface area contributed by atoms with E-state index in [1.165, 1.54) is 30.5 Å². The van der Waals surface area contributed by atoms with Gasteiger partial charge in [-0.1, -0.05) is 30.3 Å². The van der Waals surface area contributed by atoms with Crippen molar-refractivity contribution in [1.29, 1.82) is 0 Å². The standard InChI is InChI=1S/C19H28N4/c1-3-23-15-18(13-21-23)12-20-19-9-10-22(16(2)11-19)14-17-7-5-4-6-8-17/h4-8,13,15-16,19-20H,3,9-12,14H2,1-2H3/t16-,19+/m1/s1. The van der Waals surface area contributed by atoms with Crippen molar-refractivity contribution < 1.29 is 0 Å². The van der Waals surface area contributed by atoms with Crippen molar-refractivity contribution in [3.05, 3.63) is 53.9 Å². The van der Waals surface area contributed by atoms with E-state index in [1.54, 1.807) is 0 Å². The molecule has 1 aromatic heterocycles. The summed E-state index contributed by atoms with van der Waals surface area (Å²) >= 11 is 0. The molecule has 0 unspecified atom stereocenters. The Morgan fingerprint density at radius 2 is 2.04 bits per heavy atom. The Morgan fingerprint density at radius 3 is 2.74 bits per heavy atom. The Balaban J connectivity index is 1.46. The molecule has 0 bridgehead atoms. The molecule has 1 aliphatic heterocycles. The Labute approximate surface area is 139 Å². The largest absolute Gasteiger partial charge is 0.310 e. The highest BCUT2D eigenvalue weighted by Gasteiger charge is 2.25. The fourth-order valence-electron chi connectivity index (χ4n) is 3.39. The fourth-order valence-corrected chi connectivity index (χ4v) is 3.39. The fraction of sp³-hybridized carbons (Fsp3) is 0.526. The average molecular weight is 312 g/mol. The number of likely N-dealkylation sites (tertiary alicyclic amines) is 1. The highest BCUT2D eigenvalue weighted by molar-refractivity contribution is 5.14. The lowest BCUT2D eigenvalue weighted by Gasteiger charge is -2.38. The highest BCUT2D eigenvalue weighted by Crippen LogP contribution is 2.20. The van der Waals surface area contributed by atoms with Crippen molar-refractivity contribution in [3.63, 3.8) is 0 Å². The van der Waals surface area contributed by atoms with Gasteiger partial charge in [0.1, 0.15) is 0 Å². The molecule has 4 heteroatoms. The van der Waals surface area contributed by atoms with Gasteiger partial charge >= 0.3 is 0 Å². The molecule has 0 radical (unpaired) electrons. The van der Waals surface area contributed by atoms with Crippen LogP contribution in [-0.2, 0) is 19.6 Å². The van der Waals surface area contributed by atoms with Crippen LogP contribution in [0.25, 0.3) is 0 Å². The topological polar surface area (TPSA) is 33.1 Å². The molecule has 1 aliphatic rings. The molecular weight excluding hydrogens is 284 g/mol. The van der Waals surface area contributed by atoms with Crippen molar-refractivity contribution in [1.82, 2.24) is 20.0 Å². The van der Waals surface area contributed by atoms with E-state index < -0.39 is 0 Å². The monoisotopic (exact) mass is 312 g/mol. The highest BCUT2D eigenvalue weighted by atomic mass is 15.3. The van der Waals surface area contributed by atoms with E-state index >= 15 is 0 Å². The summed E-state index contributed by atoms with van der Waals surface area (Å²) in [4.78, 5) is 2.60. The number of hydrogen-bond acceptors (Lipinski definition) is 3. The molecule has 2 atom stereocenters. The van der Waals surface area contributed by atoms with Gasteiger partial charge in [0.2, 0.25) is 0 Å². The van der Waals surface area contributed by atoms with Gasteiger partial charge in [0.15, 0.2) is 0 Å². The zero-order chi connectivity index (χ0) is 16.1. The molecule has 3 rings (SSSR count). The minimum absolute atomic E-state index is 0.613. The number of aromatic nitrogens is 2. The number of aryl methyl sites for hydroxylation is 1.